The number of para-hydroxylation sites is 1. The number of ether oxygens (including phenoxy) is 1. The predicted octanol–water partition coefficient (Wildman–Crippen LogP) is 3.91. The van der Waals surface area contributed by atoms with E-state index in [0.717, 1.165) is 25.9 Å². The van der Waals surface area contributed by atoms with Gasteiger partial charge < -0.3 is 20.7 Å². The number of piperidine rings is 1. The summed E-state index contributed by atoms with van der Waals surface area (Å²) in [6, 6.07) is 14.2. The third-order valence-electron chi connectivity index (χ3n) is 5.47. The second-order valence-electron chi connectivity index (χ2n) is 7.55. The Hall–Kier alpha value is -2.86. The molecular weight excluding hydrogens is 366 g/mol. The molecular formula is C23H29N3O3. The molecule has 1 aliphatic rings. The van der Waals surface area contributed by atoms with Crippen molar-refractivity contribution in [1.29, 1.82) is 0 Å². The molecule has 29 heavy (non-hydrogen) atoms. The van der Waals surface area contributed by atoms with Gasteiger partial charge in [-0.05, 0) is 62.0 Å². The van der Waals surface area contributed by atoms with Gasteiger partial charge in [0, 0.05) is 18.2 Å². The number of rotatable bonds is 7. The zero-order chi connectivity index (χ0) is 20.6. The van der Waals surface area contributed by atoms with Crippen LogP contribution in [0.15, 0.2) is 48.5 Å². The molecule has 0 bridgehead atoms. The number of hydrogen-bond donors (Lipinski definition) is 3. The van der Waals surface area contributed by atoms with E-state index in [1.54, 1.807) is 37.4 Å². The number of carbonyl (C=O) groups is 2. The van der Waals surface area contributed by atoms with Crippen LogP contribution in [0.2, 0.25) is 0 Å². The van der Waals surface area contributed by atoms with Crippen LogP contribution in [0.4, 0.5) is 11.4 Å². The van der Waals surface area contributed by atoms with Gasteiger partial charge in [0.15, 0.2) is 0 Å². The Bertz CT molecular complexity index is 847. The summed E-state index contributed by atoms with van der Waals surface area (Å²) in [6.45, 7) is 4.17. The lowest BCUT2D eigenvalue weighted by Crippen LogP contribution is -2.32. The average Bonchev–Trinajstić information content (AvgIpc) is 2.74. The first kappa shape index (κ1) is 20.9. The third kappa shape index (κ3) is 5.81. The summed E-state index contributed by atoms with van der Waals surface area (Å²) in [5, 5.41) is 9.15. The molecule has 0 aliphatic carbocycles. The maximum absolute atomic E-state index is 12.8. The second kappa shape index (κ2) is 10.1. The summed E-state index contributed by atoms with van der Waals surface area (Å²) in [4.78, 5) is 25.4. The van der Waals surface area contributed by atoms with E-state index >= 15 is 0 Å². The molecule has 0 radical (unpaired) electrons. The Morgan fingerprint density at radius 1 is 1.10 bits per heavy atom. The molecule has 2 aromatic carbocycles. The number of benzene rings is 2. The van der Waals surface area contributed by atoms with E-state index in [1.807, 2.05) is 18.2 Å². The van der Waals surface area contributed by atoms with Crippen LogP contribution in [0, 0.1) is 11.8 Å². The summed E-state index contributed by atoms with van der Waals surface area (Å²) < 4.78 is 5.19. The highest BCUT2D eigenvalue weighted by atomic mass is 16.5. The molecule has 6 heteroatoms. The maximum Gasteiger partial charge on any atom is 0.257 e. The average molecular weight is 396 g/mol. The molecule has 1 atom stereocenters. The van der Waals surface area contributed by atoms with Gasteiger partial charge in [-0.3, -0.25) is 9.59 Å². The number of amides is 2. The van der Waals surface area contributed by atoms with Crippen LogP contribution in [0.1, 0.15) is 36.5 Å². The zero-order valence-electron chi connectivity index (χ0n) is 17.0. The number of anilines is 2. The zero-order valence-corrected chi connectivity index (χ0v) is 17.0. The Morgan fingerprint density at radius 2 is 1.86 bits per heavy atom. The van der Waals surface area contributed by atoms with E-state index in [1.165, 1.54) is 0 Å². The van der Waals surface area contributed by atoms with E-state index in [2.05, 4.69) is 22.9 Å². The molecule has 154 valence electrons. The van der Waals surface area contributed by atoms with Crippen LogP contribution >= 0.6 is 0 Å². The van der Waals surface area contributed by atoms with Gasteiger partial charge in [0.05, 0.1) is 18.4 Å². The maximum atomic E-state index is 12.8. The first-order valence-corrected chi connectivity index (χ1v) is 10.1. The van der Waals surface area contributed by atoms with Gasteiger partial charge in [-0.15, -0.1) is 0 Å². The van der Waals surface area contributed by atoms with Crippen LogP contribution in [0.3, 0.4) is 0 Å². The Morgan fingerprint density at radius 3 is 2.62 bits per heavy atom. The van der Waals surface area contributed by atoms with Crippen molar-refractivity contribution in [1.82, 2.24) is 5.32 Å². The van der Waals surface area contributed by atoms with Crippen LogP contribution in [0.25, 0.3) is 0 Å². The number of methoxy groups -OCH3 is 1. The van der Waals surface area contributed by atoms with Crippen LogP contribution in [-0.2, 0) is 4.79 Å². The molecule has 2 aromatic rings. The SMILES string of the molecule is COc1cccc(NC(=O)c2ccccc2NC(=O)CC(C)C2CCNCC2)c1. The molecule has 0 saturated carbocycles. The highest BCUT2D eigenvalue weighted by Gasteiger charge is 2.22. The number of carbonyl (C=O) groups excluding carboxylic acids is 2. The normalized spacial score (nSPS) is 15.4. The van der Waals surface area contributed by atoms with Crippen molar-refractivity contribution in [2.24, 2.45) is 11.8 Å². The third-order valence-corrected chi connectivity index (χ3v) is 5.47. The minimum Gasteiger partial charge on any atom is -0.497 e. The van der Waals surface area contributed by atoms with E-state index in [9.17, 15) is 9.59 Å². The van der Waals surface area contributed by atoms with E-state index in [4.69, 9.17) is 4.74 Å². The molecule has 3 rings (SSSR count). The van der Waals surface area contributed by atoms with Gasteiger partial charge in [-0.25, -0.2) is 0 Å². The van der Waals surface area contributed by atoms with Gasteiger partial charge >= 0.3 is 0 Å². The van der Waals surface area contributed by atoms with Crippen LogP contribution in [-0.4, -0.2) is 32.0 Å². The van der Waals surface area contributed by atoms with E-state index in [0.29, 0.717) is 40.9 Å². The molecule has 3 N–H and O–H groups in total. The van der Waals surface area contributed by atoms with Crippen molar-refractivity contribution in [3.8, 4) is 5.75 Å². The van der Waals surface area contributed by atoms with Crippen molar-refractivity contribution in [3.63, 3.8) is 0 Å². The summed E-state index contributed by atoms with van der Waals surface area (Å²) in [5.41, 5.74) is 1.59. The Labute approximate surface area is 172 Å². The summed E-state index contributed by atoms with van der Waals surface area (Å²) >= 11 is 0. The first-order chi connectivity index (χ1) is 14.1. The van der Waals surface area contributed by atoms with Gasteiger partial charge in [-0.2, -0.15) is 0 Å². The lowest BCUT2D eigenvalue weighted by Gasteiger charge is -2.28. The van der Waals surface area contributed by atoms with Crippen LogP contribution < -0.4 is 20.7 Å². The van der Waals surface area contributed by atoms with Crippen molar-refractivity contribution in [2.75, 3.05) is 30.8 Å². The first-order valence-electron chi connectivity index (χ1n) is 10.1. The van der Waals surface area contributed by atoms with Crippen molar-refractivity contribution in [2.45, 2.75) is 26.2 Å². The van der Waals surface area contributed by atoms with E-state index < -0.39 is 0 Å². The molecule has 1 heterocycles. The number of nitrogens with one attached hydrogen (secondary N) is 3. The lowest BCUT2D eigenvalue weighted by atomic mass is 9.84. The number of hydrogen-bond acceptors (Lipinski definition) is 4. The largest absolute Gasteiger partial charge is 0.497 e. The molecule has 6 nitrogen and oxygen atoms in total. The fourth-order valence-electron chi connectivity index (χ4n) is 3.76. The van der Waals surface area contributed by atoms with Crippen molar-refractivity contribution >= 4 is 23.2 Å². The molecule has 2 amide bonds. The molecule has 0 aromatic heterocycles. The molecule has 1 fully saturated rings. The standard InChI is InChI=1S/C23H29N3O3/c1-16(17-10-12-24-13-11-17)14-22(27)26-21-9-4-3-8-20(21)23(28)25-18-6-5-7-19(15-18)29-2/h3-9,15-17,24H,10-14H2,1-2H3,(H,25,28)(H,26,27). The van der Waals surface area contributed by atoms with E-state index in [-0.39, 0.29) is 11.8 Å². The highest BCUT2D eigenvalue weighted by molar-refractivity contribution is 6.10. The van der Waals surface area contributed by atoms with Gasteiger partial charge in [0.2, 0.25) is 5.91 Å². The van der Waals surface area contributed by atoms with Gasteiger partial charge in [0.1, 0.15) is 5.75 Å². The monoisotopic (exact) mass is 395 g/mol. The highest BCUT2D eigenvalue weighted by Crippen LogP contribution is 2.25. The second-order valence-corrected chi connectivity index (χ2v) is 7.55. The molecule has 0 spiro atoms. The molecule has 1 aliphatic heterocycles. The summed E-state index contributed by atoms with van der Waals surface area (Å²) in [6.07, 6.45) is 2.67. The lowest BCUT2D eigenvalue weighted by molar-refractivity contribution is -0.117. The van der Waals surface area contributed by atoms with Crippen molar-refractivity contribution < 1.29 is 14.3 Å². The molecule has 1 saturated heterocycles. The minimum absolute atomic E-state index is 0.0577. The quantitative estimate of drug-likeness (QED) is 0.664. The Kier molecular flexibility index (Phi) is 7.25. The minimum atomic E-state index is -0.277. The predicted molar refractivity (Wildman–Crippen MR) is 115 cm³/mol. The summed E-state index contributed by atoms with van der Waals surface area (Å²) in [5.74, 6) is 1.21. The Balaban J connectivity index is 1.64. The summed E-state index contributed by atoms with van der Waals surface area (Å²) in [7, 11) is 1.58. The van der Waals surface area contributed by atoms with Crippen molar-refractivity contribution in [3.05, 3.63) is 54.1 Å². The van der Waals surface area contributed by atoms with Crippen LogP contribution in [0.5, 0.6) is 5.75 Å². The van der Waals surface area contributed by atoms with Gasteiger partial charge in [0.25, 0.3) is 5.91 Å². The smallest absolute Gasteiger partial charge is 0.257 e. The van der Waals surface area contributed by atoms with Gasteiger partial charge in [-0.1, -0.05) is 25.1 Å². The fraction of sp³-hybridized carbons (Fsp3) is 0.391. The fourth-order valence-corrected chi connectivity index (χ4v) is 3.76. The molecule has 1 unspecified atom stereocenters. The topological polar surface area (TPSA) is 79.5 Å².